The van der Waals surface area contributed by atoms with Crippen LogP contribution in [0.25, 0.3) is 0 Å². The quantitative estimate of drug-likeness (QED) is 0.546. The number of nitrogens with zero attached hydrogens (tertiary/aromatic N) is 1. The monoisotopic (exact) mass is 432 g/mol. The lowest BCUT2D eigenvalue weighted by Crippen LogP contribution is -2.15. The smallest absolute Gasteiger partial charge is 0.275 e. The molecule has 29 heavy (non-hydrogen) atoms. The van der Waals surface area contributed by atoms with E-state index in [2.05, 4.69) is 15.6 Å². The molecule has 0 spiro atoms. The predicted octanol–water partition coefficient (Wildman–Crippen LogP) is 2.30. The Labute approximate surface area is 170 Å². The molecule has 9 nitrogen and oxygen atoms in total. The third kappa shape index (κ3) is 5.16. The van der Waals surface area contributed by atoms with Gasteiger partial charge in [-0.1, -0.05) is 0 Å². The van der Waals surface area contributed by atoms with E-state index in [1.165, 1.54) is 36.8 Å². The number of thiazole rings is 1. The lowest BCUT2D eigenvalue weighted by atomic mass is 10.2. The molecule has 0 atom stereocenters. The summed E-state index contributed by atoms with van der Waals surface area (Å²) in [6.07, 6.45) is 0. The zero-order valence-corrected chi connectivity index (χ0v) is 16.7. The molecule has 4 N–H and O–H groups in total. The van der Waals surface area contributed by atoms with Gasteiger partial charge in [0.25, 0.3) is 11.8 Å². The number of rotatable bonds is 6. The van der Waals surface area contributed by atoms with E-state index < -0.39 is 15.9 Å². The zero-order chi connectivity index (χ0) is 21.0. The fourth-order valence-corrected chi connectivity index (χ4v) is 3.47. The highest BCUT2D eigenvalue weighted by Gasteiger charge is 2.14. The van der Waals surface area contributed by atoms with Crippen LogP contribution in [0.5, 0.6) is 5.75 Å². The van der Waals surface area contributed by atoms with Crippen LogP contribution in [0.2, 0.25) is 0 Å². The van der Waals surface area contributed by atoms with Gasteiger partial charge in [0, 0.05) is 16.6 Å². The standard InChI is InChI=1S/C18H16N4O5S2/c1-27-13-6-2-11(3-7-13)16(23)22-18-21-15(10-28-18)17(24)20-12-4-8-14(9-5-12)29(19,25)26/h2-10H,1H3,(H,20,24)(H2,19,25,26)(H,21,22,23). The summed E-state index contributed by atoms with van der Waals surface area (Å²) in [6, 6.07) is 11.9. The van der Waals surface area contributed by atoms with Crippen molar-refractivity contribution in [3.05, 3.63) is 65.2 Å². The Kier molecular flexibility index (Phi) is 5.92. The summed E-state index contributed by atoms with van der Waals surface area (Å²) >= 11 is 1.10. The van der Waals surface area contributed by atoms with Gasteiger partial charge in [0.2, 0.25) is 10.0 Å². The van der Waals surface area contributed by atoms with Gasteiger partial charge in [-0.15, -0.1) is 11.3 Å². The van der Waals surface area contributed by atoms with Crippen molar-refractivity contribution >= 4 is 44.0 Å². The van der Waals surface area contributed by atoms with Gasteiger partial charge in [0.05, 0.1) is 12.0 Å². The predicted molar refractivity (Wildman–Crippen MR) is 109 cm³/mol. The minimum absolute atomic E-state index is 0.0623. The minimum atomic E-state index is -3.81. The van der Waals surface area contributed by atoms with Crippen molar-refractivity contribution in [2.24, 2.45) is 5.14 Å². The van der Waals surface area contributed by atoms with Crippen LogP contribution < -0.4 is 20.5 Å². The third-order valence-electron chi connectivity index (χ3n) is 3.75. The maximum atomic E-state index is 12.3. The summed E-state index contributed by atoms with van der Waals surface area (Å²) in [7, 11) is -2.27. The molecule has 1 heterocycles. The highest BCUT2D eigenvalue weighted by atomic mass is 32.2. The number of hydrogen-bond acceptors (Lipinski definition) is 7. The van der Waals surface area contributed by atoms with Gasteiger partial charge < -0.3 is 10.1 Å². The van der Waals surface area contributed by atoms with Crippen molar-refractivity contribution in [2.45, 2.75) is 4.90 Å². The number of aromatic nitrogens is 1. The number of ether oxygens (including phenoxy) is 1. The number of nitrogens with two attached hydrogens (primary N) is 1. The fraction of sp³-hybridized carbons (Fsp3) is 0.0556. The summed E-state index contributed by atoms with van der Waals surface area (Å²) in [5, 5.41) is 12.0. The lowest BCUT2D eigenvalue weighted by molar-refractivity contribution is 0.101. The molecule has 3 aromatic rings. The zero-order valence-electron chi connectivity index (χ0n) is 15.1. The van der Waals surface area contributed by atoms with Crippen LogP contribution in [-0.2, 0) is 10.0 Å². The summed E-state index contributed by atoms with van der Waals surface area (Å²) < 4.78 is 27.6. The second-order valence-electron chi connectivity index (χ2n) is 5.74. The van der Waals surface area contributed by atoms with Gasteiger partial charge in [-0.3, -0.25) is 14.9 Å². The van der Waals surface area contributed by atoms with Crippen LogP contribution in [0, 0.1) is 0 Å². The number of anilines is 2. The number of primary sulfonamides is 1. The van der Waals surface area contributed by atoms with Crippen LogP contribution in [0.4, 0.5) is 10.8 Å². The van der Waals surface area contributed by atoms with Crippen molar-refractivity contribution < 1.29 is 22.7 Å². The third-order valence-corrected chi connectivity index (χ3v) is 5.44. The number of benzene rings is 2. The molecule has 0 aliphatic heterocycles. The van der Waals surface area contributed by atoms with Gasteiger partial charge in [-0.05, 0) is 48.5 Å². The Morgan fingerprint density at radius 1 is 1.00 bits per heavy atom. The first kappa shape index (κ1) is 20.5. The fourth-order valence-electron chi connectivity index (χ4n) is 2.27. The molecule has 0 aliphatic rings. The van der Waals surface area contributed by atoms with Crippen molar-refractivity contribution in [2.75, 3.05) is 17.7 Å². The molecule has 2 amide bonds. The van der Waals surface area contributed by atoms with Crippen LogP contribution in [0.15, 0.2) is 58.8 Å². The van der Waals surface area contributed by atoms with Crippen molar-refractivity contribution in [1.82, 2.24) is 4.98 Å². The summed E-state index contributed by atoms with van der Waals surface area (Å²) in [4.78, 5) is 28.6. The molecule has 0 radical (unpaired) electrons. The van der Waals surface area contributed by atoms with Crippen molar-refractivity contribution in [3.8, 4) is 5.75 Å². The molecule has 0 saturated carbocycles. The molecule has 1 aromatic heterocycles. The van der Waals surface area contributed by atoms with E-state index in [4.69, 9.17) is 9.88 Å². The van der Waals surface area contributed by atoms with Gasteiger partial charge in [-0.2, -0.15) is 0 Å². The largest absolute Gasteiger partial charge is 0.497 e. The summed E-state index contributed by atoms with van der Waals surface area (Å²) in [5.74, 6) is -0.242. The molecule has 0 aliphatic carbocycles. The molecule has 3 rings (SSSR count). The number of methoxy groups -OCH3 is 1. The molecule has 0 saturated heterocycles. The Morgan fingerprint density at radius 2 is 1.66 bits per heavy atom. The molecule has 150 valence electrons. The van der Waals surface area contributed by atoms with E-state index in [0.29, 0.717) is 17.0 Å². The average Bonchev–Trinajstić information content (AvgIpc) is 3.16. The normalized spacial score (nSPS) is 11.0. The average molecular weight is 432 g/mol. The SMILES string of the molecule is COc1ccc(C(=O)Nc2nc(C(=O)Nc3ccc(S(N)(=O)=O)cc3)cs2)cc1. The van der Waals surface area contributed by atoms with E-state index in [1.807, 2.05) is 0 Å². The van der Waals surface area contributed by atoms with Gasteiger partial charge in [0.1, 0.15) is 11.4 Å². The van der Waals surface area contributed by atoms with E-state index in [-0.39, 0.29) is 21.6 Å². The van der Waals surface area contributed by atoms with Crippen LogP contribution in [0.3, 0.4) is 0 Å². The molecule has 11 heteroatoms. The maximum absolute atomic E-state index is 12.3. The van der Waals surface area contributed by atoms with E-state index in [0.717, 1.165) is 11.3 Å². The molecular weight excluding hydrogens is 416 g/mol. The Balaban J connectivity index is 1.64. The van der Waals surface area contributed by atoms with E-state index >= 15 is 0 Å². The summed E-state index contributed by atoms with van der Waals surface area (Å²) in [6.45, 7) is 0. The van der Waals surface area contributed by atoms with Crippen molar-refractivity contribution in [1.29, 1.82) is 0 Å². The number of carbonyl (C=O) groups is 2. The van der Waals surface area contributed by atoms with Gasteiger partial charge >= 0.3 is 0 Å². The summed E-state index contributed by atoms with van der Waals surface area (Å²) in [5.41, 5.74) is 0.900. The molecule has 0 unspecified atom stereocenters. The van der Waals surface area contributed by atoms with Crippen LogP contribution >= 0.6 is 11.3 Å². The van der Waals surface area contributed by atoms with Crippen LogP contribution in [0.1, 0.15) is 20.8 Å². The molecule has 0 fully saturated rings. The first-order chi connectivity index (χ1) is 13.8. The van der Waals surface area contributed by atoms with Gasteiger partial charge in [0.15, 0.2) is 5.13 Å². The maximum Gasteiger partial charge on any atom is 0.275 e. The molecular formula is C18H16N4O5S2. The van der Waals surface area contributed by atoms with E-state index in [1.54, 1.807) is 24.3 Å². The number of hydrogen-bond donors (Lipinski definition) is 3. The number of nitrogens with one attached hydrogen (secondary N) is 2. The highest BCUT2D eigenvalue weighted by molar-refractivity contribution is 7.89. The number of carbonyl (C=O) groups excluding carboxylic acids is 2. The lowest BCUT2D eigenvalue weighted by Gasteiger charge is -2.04. The van der Waals surface area contributed by atoms with Crippen LogP contribution in [-0.4, -0.2) is 32.3 Å². The first-order valence-corrected chi connectivity index (χ1v) is 10.5. The number of sulfonamides is 1. The van der Waals surface area contributed by atoms with Crippen molar-refractivity contribution in [3.63, 3.8) is 0 Å². The Morgan fingerprint density at radius 3 is 2.24 bits per heavy atom. The second-order valence-corrected chi connectivity index (χ2v) is 8.16. The van der Waals surface area contributed by atoms with E-state index in [9.17, 15) is 18.0 Å². The Bertz CT molecular complexity index is 1140. The molecule has 0 bridgehead atoms. The highest BCUT2D eigenvalue weighted by Crippen LogP contribution is 2.19. The minimum Gasteiger partial charge on any atom is -0.497 e. The van der Waals surface area contributed by atoms with Gasteiger partial charge in [-0.25, -0.2) is 18.5 Å². The Hall–Kier alpha value is -3.28. The first-order valence-electron chi connectivity index (χ1n) is 8.11. The topological polar surface area (TPSA) is 140 Å². The molecule has 2 aromatic carbocycles. The second kappa shape index (κ2) is 8.39. The number of amides is 2.